The molecule has 0 aliphatic carbocycles. The predicted molar refractivity (Wildman–Crippen MR) is 105 cm³/mol. The third-order valence-electron chi connectivity index (χ3n) is 4.73. The highest BCUT2D eigenvalue weighted by Crippen LogP contribution is 2.37. The fourth-order valence-corrected chi connectivity index (χ4v) is 3.37. The normalized spacial score (nSPS) is 13.4. The Bertz CT molecular complexity index is 1020. The van der Waals surface area contributed by atoms with E-state index in [1.165, 1.54) is 11.0 Å². The molecule has 0 radical (unpaired) electrons. The van der Waals surface area contributed by atoms with E-state index in [2.05, 4.69) is 4.98 Å². The Balaban J connectivity index is 1.71. The summed E-state index contributed by atoms with van der Waals surface area (Å²) in [5.74, 6) is 0.442. The molecule has 28 heavy (non-hydrogen) atoms. The SMILES string of the molecule is O=C1N(CCc2ccccc2)Cc2cccnc2N1c1ccccc1[N+](=O)[O-]. The average Bonchev–Trinajstić information content (AvgIpc) is 2.73. The molecule has 7 heteroatoms. The minimum Gasteiger partial charge on any atom is -0.319 e. The molecule has 3 aromatic rings. The first kappa shape index (κ1) is 17.7. The molecule has 0 bridgehead atoms. The van der Waals surface area contributed by atoms with Crippen molar-refractivity contribution in [1.82, 2.24) is 9.88 Å². The van der Waals surface area contributed by atoms with Crippen molar-refractivity contribution in [2.45, 2.75) is 13.0 Å². The second-order valence-electron chi connectivity index (χ2n) is 6.51. The van der Waals surface area contributed by atoms with Crippen molar-refractivity contribution in [3.05, 3.63) is 94.2 Å². The summed E-state index contributed by atoms with van der Waals surface area (Å²) >= 11 is 0. The highest BCUT2D eigenvalue weighted by Gasteiger charge is 2.35. The van der Waals surface area contributed by atoms with Crippen LogP contribution in [0.1, 0.15) is 11.1 Å². The van der Waals surface area contributed by atoms with Gasteiger partial charge in [-0.25, -0.2) is 14.7 Å². The molecule has 1 aliphatic heterocycles. The summed E-state index contributed by atoms with van der Waals surface area (Å²) in [6.45, 7) is 0.931. The second-order valence-corrected chi connectivity index (χ2v) is 6.51. The van der Waals surface area contributed by atoms with Crippen molar-refractivity contribution < 1.29 is 9.72 Å². The van der Waals surface area contributed by atoms with Crippen LogP contribution in [0.15, 0.2) is 72.9 Å². The number of nitro groups is 1. The van der Waals surface area contributed by atoms with Crippen LogP contribution in [0.3, 0.4) is 0 Å². The van der Waals surface area contributed by atoms with E-state index < -0.39 is 4.92 Å². The number of nitro benzene ring substituents is 1. The summed E-state index contributed by atoms with van der Waals surface area (Å²) < 4.78 is 0. The van der Waals surface area contributed by atoms with Gasteiger partial charge in [-0.05, 0) is 24.1 Å². The molecule has 0 saturated heterocycles. The molecular formula is C21H18N4O3. The lowest BCUT2D eigenvalue weighted by Gasteiger charge is -2.35. The minimum absolute atomic E-state index is 0.127. The predicted octanol–water partition coefficient (Wildman–Crippen LogP) is 4.31. The molecule has 0 fully saturated rings. The Hall–Kier alpha value is -3.74. The molecule has 0 saturated carbocycles. The van der Waals surface area contributed by atoms with Gasteiger partial charge < -0.3 is 4.90 Å². The fraction of sp³-hybridized carbons (Fsp3) is 0.143. The number of benzene rings is 2. The first-order valence-corrected chi connectivity index (χ1v) is 8.95. The zero-order valence-electron chi connectivity index (χ0n) is 15.1. The molecule has 2 amide bonds. The van der Waals surface area contributed by atoms with Crippen LogP contribution in [0.25, 0.3) is 0 Å². The molecule has 0 spiro atoms. The Morgan fingerprint density at radius 2 is 1.75 bits per heavy atom. The Labute approximate surface area is 162 Å². The van der Waals surface area contributed by atoms with Crippen molar-refractivity contribution in [2.24, 2.45) is 0 Å². The van der Waals surface area contributed by atoms with Gasteiger partial charge in [0.25, 0.3) is 5.69 Å². The lowest BCUT2D eigenvalue weighted by Crippen LogP contribution is -2.46. The van der Waals surface area contributed by atoms with Crippen LogP contribution in [-0.4, -0.2) is 27.4 Å². The number of fused-ring (bicyclic) bond motifs is 1. The molecule has 1 aromatic heterocycles. The quantitative estimate of drug-likeness (QED) is 0.492. The van der Waals surface area contributed by atoms with E-state index in [-0.39, 0.29) is 17.4 Å². The average molecular weight is 374 g/mol. The van der Waals surface area contributed by atoms with Crippen LogP contribution in [0.2, 0.25) is 0 Å². The standard InChI is InChI=1S/C21H18N4O3/c26-21-23(14-12-16-7-2-1-3-8-16)15-17-9-6-13-22-20(17)24(21)18-10-4-5-11-19(18)25(27)28/h1-11,13H,12,14-15H2. The van der Waals surface area contributed by atoms with E-state index >= 15 is 0 Å². The molecule has 4 rings (SSSR count). The highest BCUT2D eigenvalue weighted by molar-refractivity contribution is 6.02. The zero-order chi connectivity index (χ0) is 19.5. The highest BCUT2D eigenvalue weighted by atomic mass is 16.6. The number of rotatable bonds is 5. The number of para-hydroxylation sites is 2. The first-order valence-electron chi connectivity index (χ1n) is 8.95. The van der Waals surface area contributed by atoms with Crippen LogP contribution in [0.4, 0.5) is 22.0 Å². The number of carbonyl (C=O) groups is 1. The van der Waals surface area contributed by atoms with E-state index in [1.54, 1.807) is 29.3 Å². The maximum absolute atomic E-state index is 13.3. The summed E-state index contributed by atoms with van der Waals surface area (Å²) in [4.78, 5) is 31.7. The van der Waals surface area contributed by atoms with Gasteiger partial charge in [0, 0.05) is 24.4 Å². The molecule has 2 aromatic carbocycles. The van der Waals surface area contributed by atoms with Crippen LogP contribution in [-0.2, 0) is 13.0 Å². The van der Waals surface area contributed by atoms with E-state index in [0.29, 0.717) is 25.3 Å². The topological polar surface area (TPSA) is 79.6 Å². The number of hydrogen-bond acceptors (Lipinski definition) is 4. The van der Waals surface area contributed by atoms with E-state index in [4.69, 9.17) is 0 Å². The monoisotopic (exact) mass is 374 g/mol. The minimum atomic E-state index is -0.478. The maximum atomic E-state index is 13.3. The van der Waals surface area contributed by atoms with E-state index in [9.17, 15) is 14.9 Å². The van der Waals surface area contributed by atoms with E-state index in [1.807, 2.05) is 42.5 Å². The van der Waals surface area contributed by atoms with Gasteiger partial charge in [0.2, 0.25) is 0 Å². The molecule has 2 heterocycles. The van der Waals surface area contributed by atoms with Crippen LogP contribution in [0, 0.1) is 10.1 Å². The number of urea groups is 1. The fourth-order valence-electron chi connectivity index (χ4n) is 3.37. The van der Waals surface area contributed by atoms with Crippen LogP contribution >= 0.6 is 0 Å². The van der Waals surface area contributed by atoms with Crippen LogP contribution < -0.4 is 4.90 Å². The zero-order valence-corrected chi connectivity index (χ0v) is 15.1. The number of anilines is 2. The Morgan fingerprint density at radius 3 is 2.54 bits per heavy atom. The third-order valence-corrected chi connectivity index (χ3v) is 4.73. The van der Waals surface area contributed by atoms with Gasteiger partial charge in [-0.2, -0.15) is 0 Å². The van der Waals surface area contributed by atoms with Crippen molar-refractivity contribution in [2.75, 3.05) is 11.4 Å². The van der Waals surface area contributed by atoms with Gasteiger partial charge in [-0.15, -0.1) is 0 Å². The van der Waals surface area contributed by atoms with Gasteiger partial charge in [0.05, 0.1) is 11.5 Å². The molecule has 0 atom stereocenters. The number of carbonyl (C=O) groups excluding carboxylic acids is 1. The summed E-state index contributed by atoms with van der Waals surface area (Å²) in [6, 6.07) is 19.6. The van der Waals surface area contributed by atoms with Gasteiger partial charge in [0.15, 0.2) is 0 Å². The van der Waals surface area contributed by atoms with Crippen LogP contribution in [0.5, 0.6) is 0 Å². The molecule has 140 valence electrons. The molecule has 7 nitrogen and oxygen atoms in total. The Kier molecular flexibility index (Phi) is 4.72. The van der Waals surface area contributed by atoms with Gasteiger partial charge >= 0.3 is 6.03 Å². The number of aromatic nitrogens is 1. The number of hydrogen-bond donors (Lipinski definition) is 0. The summed E-state index contributed by atoms with van der Waals surface area (Å²) in [7, 11) is 0. The number of pyridine rings is 1. The van der Waals surface area contributed by atoms with E-state index in [0.717, 1.165) is 11.1 Å². The number of amides is 2. The second kappa shape index (κ2) is 7.48. The lowest BCUT2D eigenvalue weighted by atomic mass is 10.1. The van der Waals surface area contributed by atoms with Crippen molar-refractivity contribution >= 4 is 23.2 Å². The lowest BCUT2D eigenvalue weighted by molar-refractivity contribution is -0.384. The van der Waals surface area contributed by atoms with Crippen molar-refractivity contribution in [3.8, 4) is 0 Å². The molecule has 0 N–H and O–H groups in total. The largest absolute Gasteiger partial charge is 0.330 e. The molecule has 1 aliphatic rings. The number of nitrogens with zero attached hydrogens (tertiary/aromatic N) is 4. The summed E-state index contributed by atoms with van der Waals surface area (Å²) in [6.07, 6.45) is 2.29. The first-order chi connectivity index (χ1) is 13.6. The molecular weight excluding hydrogens is 356 g/mol. The van der Waals surface area contributed by atoms with Gasteiger partial charge in [-0.3, -0.25) is 10.1 Å². The van der Waals surface area contributed by atoms with Gasteiger partial charge in [-0.1, -0.05) is 48.5 Å². The molecule has 0 unspecified atom stereocenters. The maximum Gasteiger partial charge on any atom is 0.330 e. The Morgan fingerprint density at radius 1 is 1.00 bits per heavy atom. The van der Waals surface area contributed by atoms with Crippen molar-refractivity contribution in [3.63, 3.8) is 0 Å². The smallest absolute Gasteiger partial charge is 0.319 e. The summed E-state index contributed by atoms with van der Waals surface area (Å²) in [5, 5.41) is 11.5. The summed E-state index contributed by atoms with van der Waals surface area (Å²) in [5.41, 5.74) is 2.08. The van der Waals surface area contributed by atoms with Gasteiger partial charge in [0.1, 0.15) is 11.5 Å². The van der Waals surface area contributed by atoms with Crippen molar-refractivity contribution in [1.29, 1.82) is 0 Å². The third kappa shape index (κ3) is 3.29.